The van der Waals surface area contributed by atoms with Crippen molar-refractivity contribution in [2.45, 2.75) is 13.8 Å². The number of aromatic amines is 1. The Morgan fingerprint density at radius 3 is 2.76 bits per heavy atom. The number of nitrogens with zero attached hydrogens (tertiary/aromatic N) is 1. The quantitative estimate of drug-likeness (QED) is 0.739. The molecule has 88 valence electrons. The maximum atomic E-state index is 12.0. The third-order valence-electron chi connectivity index (χ3n) is 2.46. The SMILES string of the molecule is Cc1n[nH]c(C)c1C(=O)Nc1cccc(O)c1. The third kappa shape index (κ3) is 2.28. The Morgan fingerprint density at radius 2 is 2.18 bits per heavy atom. The lowest BCUT2D eigenvalue weighted by atomic mass is 10.2. The molecule has 1 heterocycles. The number of anilines is 1. The van der Waals surface area contributed by atoms with Crippen LogP contribution in [0.25, 0.3) is 0 Å². The van der Waals surface area contributed by atoms with E-state index in [9.17, 15) is 9.90 Å². The van der Waals surface area contributed by atoms with Gasteiger partial charge in [0.2, 0.25) is 0 Å². The van der Waals surface area contributed by atoms with Gasteiger partial charge < -0.3 is 10.4 Å². The second kappa shape index (κ2) is 4.29. The van der Waals surface area contributed by atoms with E-state index in [4.69, 9.17) is 0 Å². The fourth-order valence-corrected chi connectivity index (χ4v) is 1.66. The number of benzene rings is 1. The van der Waals surface area contributed by atoms with Crippen molar-refractivity contribution >= 4 is 11.6 Å². The maximum Gasteiger partial charge on any atom is 0.259 e. The van der Waals surface area contributed by atoms with E-state index in [1.54, 1.807) is 32.0 Å². The Kier molecular flexibility index (Phi) is 2.82. The van der Waals surface area contributed by atoms with Crippen LogP contribution in [0.3, 0.4) is 0 Å². The van der Waals surface area contributed by atoms with Crippen molar-refractivity contribution in [1.82, 2.24) is 10.2 Å². The minimum absolute atomic E-state index is 0.114. The maximum absolute atomic E-state index is 12.0. The first kappa shape index (κ1) is 11.2. The number of aryl methyl sites for hydroxylation is 2. The third-order valence-corrected chi connectivity index (χ3v) is 2.46. The number of nitrogens with one attached hydrogen (secondary N) is 2. The highest BCUT2D eigenvalue weighted by Crippen LogP contribution is 2.17. The van der Waals surface area contributed by atoms with Gasteiger partial charge in [0.25, 0.3) is 5.91 Å². The highest BCUT2D eigenvalue weighted by atomic mass is 16.3. The Bertz CT molecular complexity index is 541. The molecule has 2 rings (SSSR count). The normalized spacial score (nSPS) is 10.2. The topological polar surface area (TPSA) is 78.0 Å². The number of phenolic OH excluding ortho intramolecular Hbond substituents is 1. The van der Waals surface area contributed by atoms with Crippen molar-refractivity contribution in [3.63, 3.8) is 0 Å². The van der Waals surface area contributed by atoms with E-state index in [1.165, 1.54) is 6.07 Å². The number of carbonyl (C=O) groups is 1. The molecular weight excluding hydrogens is 218 g/mol. The number of rotatable bonds is 2. The molecule has 0 aliphatic carbocycles. The summed E-state index contributed by atoms with van der Waals surface area (Å²) >= 11 is 0. The zero-order chi connectivity index (χ0) is 12.4. The van der Waals surface area contributed by atoms with Crippen molar-refractivity contribution in [2.75, 3.05) is 5.32 Å². The lowest BCUT2D eigenvalue weighted by Gasteiger charge is -2.05. The van der Waals surface area contributed by atoms with E-state index >= 15 is 0 Å². The minimum Gasteiger partial charge on any atom is -0.508 e. The van der Waals surface area contributed by atoms with Crippen molar-refractivity contribution in [1.29, 1.82) is 0 Å². The summed E-state index contributed by atoms with van der Waals surface area (Å²) in [5.74, 6) is -0.122. The van der Waals surface area contributed by atoms with E-state index in [-0.39, 0.29) is 11.7 Å². The summed E-state index contributed by atoms with van der Waals surface area (Å²) in [6.07, 6.45) is 0. The average Bonchev–Trinajstić information content (AvgIpc) is 2.58. The molecule has 3 N–H and O–H groups in total. The molecule has 5 nitrogen and oxygen atoms in total. The van der Waals surface area contributed by atoms with Gasteiger partial charge >= 0.3 is 0 Å². The van der Waals surface area contributed by atoms with Gasteiger partial charge in [0.1, 0.15) is 5.75 Å². The molecule has 0 unspecified atom stereocenters. The number of amides is 1. The second-order valence-corrected chi connectivity index (χ2v) is 3.81. The number of H-pyrrole nitrogens is 1. The fourth-order valence-electron chi connectivity index (χ4n) is 1.66. The summed E-state index contributed by atoms with van der Waals surface area (Å²) in [6, 6.07) is 6.41. The predicted octanol–water partition coefficient (Wildman–Crippen LogP) is 1.98. The zero-order valence-electron chi connectivity index (χ0n) is 9.61. The van der Waals surface area contributed by atoms with Crippen molar-refractivity contribution in [2.24, 2.45) is 0 Å². The summed E-state index contributed by atoms with van der Waals surface area (Å²) in [6.45, 7) is 3.55. The van der Waals surface area contributed by atoms with Crippen LogP contribution >= 0.6 is 0 Å². The van der Waals surface area contributed by atoms with Crippen molar-refractivity contribution < 1.29 is 9.90 Å². The highest BCUT2D eigenvalue weighted by Gasteiger charge is 2.15. The monoisotopic (exact) mass is 231 g/mol. The average molecular weight is 231 g/mol. The molecule has 0 saturated heterocycles. The highest BCUT2D eigenvalue weighted by molar-refractivity contribution is 6.05. The molecule has 0 bridgehead atoms. The van der Waals surface area contributed by atoms with Crippen molar-refractivity contribution in [3.05, 3.63) is 41.2 Å². The number of hydrogen-bond donors (Lipinski definition) is 3. The predicted molar refractivity (Wildman–Crippen MR) is 64.1 cm³/mol. The fraction of sp³-hybridized carbons (Fsp3) is 0.167. The minimum atomic E-state index is -0.237. The molecular formula is C12H13N3O2. The van der Waals surface area contributed by atoms with Crippen LogP contribution < -0.4 is 5.32 Å². The lowest BCUT2D eigenvalue weighted by molar-refractivity contribution is 0.102. The Balaban J connectivity index is 2.23. The van der Waals surface area contributed by atoms with E-state index < -0.39 is 0 Å². The molecule has 5 heteroatoms. The van der Waals surface area contributed by atoms with Gasteiger partial charge in [-0.2, -0.15) is 5.10 Å². The smallest absolute Gasteiger partial charge is 0.259 e. The van der Waals surface area contributed by atoms with Gasteiger partial charge in [-0.05, 0) is 26.0 Å². The van der Waals surface area contributed by atoms with Crippen LogP contribution in [0.2, 0.25) is 0 Å². The number of aromatic hydroxyl groups is 1. The first-order chi connectivity index (χ1) is 8.08. The summed E-state index contributed by atoms with van der Waals surface area (Å²) in [4.78, 5) is 12.0. The Hall–Kier alpha value is -2.30. The zero-order valence-corrected chi connectivity index (χ0v) is 9.61. The van der Waals surface area contributed by atoms with Crippen LogP contribution in [0.4, 0.5) is 5.69 Å². The lowest BCUT2D eigenvalue weighted by Crippen LogP contribution is -2.13. The van der Waals surface area contributed by atoms with Crippen LogP contribution in [0.15, 0.2) is 24.3 Å². The van der Waals surface area contributed by atoms with Crippen molar-refractivity contribution in [3.8, 4) is 5.75 Å². The number of carbonyl (C=O) groups excluding carboxylic acids is 1. The van der Waals surface area contributed by atoms with E-state index in [0.29, 0.717) is 16.9 Å². The molecule has 0 spiro atoms. The Morgan fingerprint density at radius 1 is 1.41 bits per heavy atom. The molecule has 1 aromatic carbocycles. The molecule has 1 amide bonds. The largest absolute Gasteiger partial charge is 0.508 e. The standard InChI is InChI=1S/C12H13N3O2/c1-7-11(8(2)15-14-7)12(17)13-9-4-3-5-10(16)6-9/h3-6,16H,1-2H3,(H,13,17)(H,14,15). The van der Waals surface area contributed by atoms with Gasteiger partial charge in [0, 0.05) is 17.4 Å². The molecule has 2 aromatic rings. The van der Waals surface area contributed by atoms with Crippen LogP contribution in [0, 0.1) is 13.8 Å². The van der Waals surface area contributed by atoms with E-state index in [1.807, 2.05) is 0 Å². The van der Waals surface area contributed by atoms with Gasteiger partial charge in [-0.15, -0.1) is 0 Å². The van der Waals surface area contributed by atoms with Crippen LogP contribution in [0.1, 0.15) is 21.7 Å². The Labute approximate surface area is 98.5 Å². The number of aromatic nitrogens is 2. The van der Waals surface area contributed by atoms with Crippen LogP contribution in [-0.2, 0) is 0 Å². The van der Waals surface area contributed by atoms with Gasteiger partial charge in [0.15, 0.2) is 0 Å². The van der Waals surface area contributed by atoms with Gasteiger partial charge in [-0.25, -0.2) is 0 Å². The number of phenols is 1. The summed E-state index contributed by atoms with van der Waals surface area (Å²) in [7, 11) is 0. The van der Waals surface area contributed by atoms with Gasteiger partial charge in [0.05, 0.1) is 11.3 Å². The van der Waals surface area contributed by atoms with E-state index in [0.717, 1.165) is 5.69 Å². The van der Waals surface area contributed by atoms with Crippen LogP contribution in [0.5, 0.6) is 5.75 Å². The first-order valence-corrected chi connectivity index (χ1v) is 5.20. The molecule has 1 aromatic heterocycles. The van der Waals surface area contributed by atoms with Crippen LogP contribution in [-0.4, -0.2) is 21.2 Å². The number of hydrogen-bond acceptors (Lipinski definition) is 3. The first-order valence-electron chi connectivity index (χ1n) is 5.20. The molecule has 0 radical (unpaired) electrons. The van der Waals surface area contributed by atoms with Gasteiger partial charge in [-0.1, -0.05) is 6.07 Å². The molecule has 0 saturated carbocycles. The summed E-state index contributed by atoms with van der Waals surface area (Å²) < 4.78 is 0. The molecule has 17 heavy (non-hydrogen) atoms. The molecule has 0 aliphatic rings. The molecule has 0 atom stereocenters. The van der Waals surface area contributed by atoms with Gasteiger partial charge in [-0.3, -0.25) is 9.89 Å². The molecule has 0 aliphatic heterocycles. The summed E-state index contributed by atoms with van der Waals surface area (Å²) in [5.41, 5.74) is 2.46. The second-order valence-electron chi connectivity index (χ2n) is 3.81. The van der Waals surface area contributed by atoms with E-state index in [2.05, 4.69) is 15.5 Å². The summed E-state index contributed by atoms with van der Waals surface area (Å²) in [5, 5.41) is 18.7. The molecule has 0 fully saturated rings.